The molecule has 0 spiro atoms. The number of nitrogens with one attached hydrogen (secondary N) is 1. The van der Waals surface area contributed by atoms with E-state index in [9.17, 15) is 27.6 Å². The fourth-order valence-corrected chi connectivity index (χ4v) is 10.3. The molecule has 0 bridgehead atoms. The van der Waals surface area contributed by atoms with Crippen molar-refractivity contribution in [3.05, 3.63) is 36.5 Å². The number of esters is 1. The molecule has 13 nitrogen and oxygen atoms in total. The van der Waals surface area contributed by atoms with Gasteiger partial charge in [0.25, 0.3) is 0 Å². The topological polar surface area (TPSA) is 162 Å². The molecule has 1 aromatic heterocycles. The van der Waals surface area contributed by atoms with Crippen LogP contribution in [-0.2, 0) is 33.9 Å². The van der Waals surface area contributed by atoms with E-state index in [4.69, 9.17) is 14.2 Å². The predicted molar refractivity (Wildman–Crippen MR) is 215 cm³/mol. The number of ether oxygens (including phenoxy) is 3. The maximum atomic E-state index is 14.9. The van der Waals surface area contributed by atoms with Crippen molar-refractivity contribution in [1.29, 1.82) is 0 Å². The smallest absolute Gasteiger partial charge is 0.307 e. The molecule has 3 fully saturated rings. The van der Waals surface area contributed by atoms with Crippen LogP contribution in [0.4, 0.5) is 5.69 Å². The maximum absolute atomic E-state index is 14.9. The van der Waals surface area contributed by atoms with Crippen LogP contribution in [0.5, 0.6) is 11.6 Å². The highest BCUT2D eigenvalue weighted by Gasteiger charge is 2.62. The maximum Gasteiger partial charge on any atom is 0.307 e. The lowest BCUT2D eigenvalue weighted by Gasteiger charge is -2.32. The summed E-state index contributed by atoms with van der Waals surface area (Å²) in [5.74, 6) is -1.89. The van der Waals surface area contributed by atoms with Crippen LogP contribution >= 0.6 is 0 Å². The predicted octanol–water partition coefficient (Wildman–Crippen LogP) is 5.74. The third kappa shape index (κ3) is 8.38. The minimum absolute atomic E-state index is 0.0554. The van der Waals surface area contributed by atoms with Crippen LogP contribution in [0.25, 0.3) is 10.8 Å². The molecule has 5 aliphatic rings. The van der Waals surface area contributed by atoms with Crippen LogP contribution < -0.4 is 19.1 Å². The number of hydrogen-bond donors (Lipinski definition) is 1. The number of anilines is 1. The van der Waals surface area contributed by atoms with Gasteiger partial charge >= 0.3 is 5.97 Å². The number of aromatic nitrogens is 1. The number of Topliss-reactive ketones (excluding diaryl/α,β-unsaturated/α-hetero) is 1. The molecule has 1 saturated heterocycles. The van der Waals surface area contributed by atoms with Crippen molar-refractivity contribution in [2.75, 3.05) is 31.6 Å². The van der Waals surface area contributed by atoms with Crippen molar-refractivity contribution < 1.29 is 41.8 Å². The number of pyridine rings is 1. The number of fused-ring (bicyclic) bond motifs is 5. The van der Waals surface area contributed by atoms with Gasteiger partial charge in [-0.25, -0.2) is 13.4 Å². The second kappa shape index (κ2) is 15.2. The number of rotatable bonds is 7. The van der Waals surface area contributed by atoms with Gasteiger partial charge in [0.1, 0.15) is 18.3 Å². The zero-order valence-electron chi connectivity index (χ0n) is 34.3. The second-order valence-corrected chi connectivity index (χ2v) is 20.8. The van der Waals surface area contributed by atoms with Gasteiger partial charge in [-0.05, 0) is 102 Å². The van der Waals surface area contributed by atoms with E-state index in [1.54, 1.807) is 33.9 Å². The minimum atomic E-state index is -3.95. The van der Waals surface area contributed by atoms with Crippen LogP contribution in [-0.4, -0.2) is 91.1 Å². The molecule has 4 heterocycles. The summed E-state index contributed by atoms with van der Waals surface area (Å²) in [5.41, 5.74) is -1.06. The summed E-state index contributed by atoms with van der Waals surface area (Å²) in [4.78, 5) is 65.3. The highest BCUT2D eigenvalue weighted by Crippen LogP contribution is 2.58. The molecule has 57 heavy (non-hydrogen) atoms. The number of carbonyl (C=O) groups excluding carboxylic acids is 4. The molecule has 310 valence electrons. The van der Waals surface area contributed by atoms with E-state index in [0.717, 1.165) is 41.6 Å². The lowest BCUT2D eigenvalue weighted by Crippen LogP contribution is -2.48. The first kappa shape index (κ1) is 41.0. The summed E-state index contributed by atoms with van der Waals surface area (Å²) >= 11 is 0. The van der Waals surface area contributed by atoms with Crippen molar-refractivity contribution in [3.63, 3.8) is 0 Å². The van der Waals surface area contributed by atoms with Crippen molar-refractivity contribution in [1.82, 2.24) is 14.6 Å². The molecule has 2 saturated carbocycles. The molecule has 2 amide bonds. The van der Waals surface area contributed by atoms with Crippen LogP contribution in [0.2, 0.25) is 0 Å². The van der Waals surface area contributed by atoms with E-state index in [1.165, 1.54) is 4.90 Å². The highest BCUT2D eigenvalue weighted by molar-refractivity contribution is 7.91. The van der Waals surface area contributed by atoms with Crippen LogP contribution in [0.1, 0.15) is 99.3 Å². The SMILES string of the molecule is C[C@@H]1CC/C=C\[C@@H]2C[C@@]2(C(=O)NS(=O)(=O)C2(C)CC2)CC(=O)[C@@H]2C[C@@H](Oc3nccc4c5c(ccc34)N(C)CCO5)CN2C(=O)[C@@H](CC(=O)OC(C)(C)C)[C@H](C)C1. The zero-order chi connectivity index (χ0) is 41.1. The van der Waals surface area contributed by atoms with E-state index < -0.39 is 55.7 Å². The molecule has 2 aliphatic carbocycles. The van der Waals surface area contributed by atoms with Gasteiger partial charge in [0.15, 0.2) is 11.5 Å². The molecule has 7 atom stereocenters. The Morgan fingerprint density at radius 1 is 1.09 bits per heavy atom. The van der Waals surface area contributed by atoms with E-state index >= 15 is 0 Å². The van der Waals surface area contributed by atoms with Crippen LogP contribution in [0.15, 0.2) is 36.5 Å². The molecular formula is C43H58N4O9S. The summed E-state index contributed by atoms with van der Waals surface area (Å²) in [7, 11) is -1.94. The van der Waals surface area contributed by atoms with Gasteiger partial charge < -0.3 is 24.0 Å². The van der Waals surface area contributed by atoms with Crippen LogP contribution in [0.3, 0.4) is 0 Å². The van der Waals surface area contributed by atoms with Crippen molar-refractivity contribution >= 4 is 50.1 Å². The summed E-state index contributed by atoms with van der Waals surface area (Å²) in [6.45, 7) is 12.4. The van der Waals surface area contributed by atoms with Gasteiger partial charge in [-0.1, -0.05) is 26.0 Å². The molecule has 1 aromatic carbocycles. The van der Waals surface area contributed by atoms with Gasteiger partial charge in [-0.3, -0.25) is 23.9 Å². The lowest BCUT2D eigenvalue weighted by molar-refractivity contribution is -0.160. The highest BCUT2D eigenvalue weighted by atomic mass is 32.2. The number of allylic oxidation sites excluding steroid dienone is 2. The van der Waals surface area contributed by atoms with Crippen molar-refractivity contribution in [2.45, 2.75) is 122 Å². The fourth-order valence-electron chi connectivity index (χ4n) is 8.95. The first-order valence-electron chi connectivity index (χ1n) is 20.5. The largest absolute Gasteiger partial charge is 0.489 e. The number of amides is 2. The summed E-state index contributed by atoms with van der Waals surface area (Å²) < 4.78 is 46.3. The van der Waals surface area contributed by atoms with Gasteiger partial charge in [0.2, 0.25) is 27.7 Å². The molecular weight excluding hydrogens is 749 g/mol. The molecule has 1 N–H and O–H groups in total. The number of ketones is 1. The number of likely N-dealkylation sites (N-methyl/N-ethyl adjacent to an activating group) is 1. The third-order valence-corrected chi connectivity index (χ3v) is 15.0. The van der Waals surface area contributed by atoms with E-state index in [2.05, 4.69) is 21.5 Å². The molecule has 0 radical (unpaired) electrons. The Bertz CT molecular complexity index is 2080. The van der Waals surface area contributed by atoms with Gasteiger partial charge in [-0.2, -0.15) is 0 Å². The molecule has 3 aliphatic heterocycles. The van der Waals surface area contributed by atoms with Gasteiger partial charge in [0, 0.05) is 36.9 Å². The van der Waals surface area contributed by atoms with Gasteiger partial charge in [-0.15, -0.1) is 0 Å². The third-order valence-electron chi connectivity index (χ3n) is 12.8. The Labute approximate surface area is 336 Å². The number of nitrogens with zero attached hydrogens (tertiary/aromatic N) is 3. The standard InChI is InChI=1S/C43H58N4O9S/c1-26-10-8-9-11-28-23-43(28,40(51)45-57(52,53)42(6)15-16-42)24-35(48)34-21-29(25-47(34)39(50)32(27(2)20-26)22-36(49)56-41(3,4)5)55-38-31-12-13-33-37(30(31)14-17-44-38)54-19-18-46(33)7/h9,11-14,17,26-29,32,34H,8,10,15-16,18-25H2,1-7H3,(H,45,51)/b11-9-/t26-,27-,28-,29-,32+,34+,43-/m1/s1. The Morgan fingerprint density at radius 3 is 2.56 bits per heavy atom. The first-order chi connectivity index (χ1) is 26.8. The van der Waals surface area contributed by atoms with E-state index in [-0.39, 0.29) is 55.3 Å². The Kier molecular flexibility index (Phi) is 10.9. The molecule has 14 heteroatoms. The second-order valence-electron chi connectivity index (χ2n) is 18.6. The molecule has 2 aromatic rings. The van der Waals surface area contributed by atoms with Gasteiger partial charge in [0.05, 0.1) is 47.3 Å². The zero-order valence-corrected chi connectivity index (χ0v) is 35.2. The number of sulfonamides is 1. The van der Waals surface area contributed by atoms with Crippen molar-refractivity contribution in [2.24, 2.45) is 29.1 Å². The van der Waals surface area contributed by atoms with E-state index in [1.807, 2.05) is 44.3 Å². The number of hydrogen-bond acceptors (Lipinski definition) is 11. The lowest BCUT2D eigenvalue weighted by atomic mass is 9.82. The van der Waals surface area contributed by atoms with Crippen LogP contribution in [0, 0.1) is 29.1 Å². The summed E-state index contributed by atoms with van der Waals surface area (Å²) in [5, 5.41) is 1.56. The first-order valence-corrected chi connectivity index (χ1v) is 22.0. The Morgan fingerprint density at radius 2 is 1.84 bits per heavy atom. The average Bonchev–Trinajstić information content (AvgIpc) is 4.01. The molecule has 7 rings (SSSR count). The quantitative estimate of drug-likeness (QED) is 0.269. The normalized spacial score (nSPS) is 30.8. The average molecular weight is 807 g/mol. The monoisotopic (exact) mass is 806 g/mol. The van der Waals surface area contributed by atoms with E-state index in [0.29, 0.717) is 38.2 Å². The molecule has 0 unspecified atom stereocenters. The number of benzene rings is 1. The Hall–Kier alpha value is -4.20. The fraction of sp³-hybridized carbons (Fsp3) is 0.651. The summed E-state index contributed by atoms with van der Waals surface area (Å²) in [6, 6.07) is 4.80. The minimum Gasteiger partial charge on any atom is -0.489 e. The van der Waals surface area contributed by atoms with Crippen molar-refractivity contribution in [3.8, 4) is 11.6 Å². The summed E-state index contributed by atoms with van der Waals surface area (Å²) in [6.07, 6.45) is 8.18. The number of carbonyl (C=O) groups is 4. The Balaban J connectivity index is 1.23.